The predicted molar refractivity (Wildman–Crippen MR) is 81.2 cm³/mol. The largest absolute Gasteiger partial charge is 0.416 e. The van der Waals surface area contributed by atoms with E-state index in [0.717, 1.165) is 36.1 Å². The van der Waals surface area contributed by atoms with Crippen LogP contribution in [0.4, 0.5) is 13.2 Å². The molecule has 120 valence electrons. The Balaban J connectivity index is 1.80. The summed E-state index contributed by atoms with van der Waals surface area (Å²) in [6.45, 7) is 1.98. The fourth-order valence-corrected chi connectivity index (χ4v) is 2.95. The molecule has 0 fully saturated rings. The number of amides is 1. The summed E-state index contributed by atoms with van der Waals surface area (Å²) in [4.78, 5) is 12.3. The van der Waals surface area contributed by atoms with Crippen LogP contribution in [0.2, 0.25) is 0 Å². The van der Waals surface area contributed by atoms with E-state index >= 15 is 0 Å². The minimum atomic E-state index is -4.45. The number of carbonyl (C=O) groups is 1. The molecule has 2 nitrogen and oxygen atoms in total. The van der Waals surface area contributed by atoms with Gasteiger partial charge in [-0.15, -0.1) is 0 Å². The predicted octanol–water partition coefficient (Wildman–Crippen LogP) is 4.43. The van der Waals surface area contributed by atoms with Crippen molar-refractivity contribution in [2.75, 3.05) is 0 Å². The third kappa shape index (κ3) is 3.23. The van der Waals surface area contributed by atoms with Gasteiger partial charge in [-0.2, -0.15) is 13.2 Å². The molecule has 1 aliphatic rings. The standard InChI is InChI=1S/C18H16F3NO/c1-11-5-6-12-7-8-16(15(12)9-11)22-17(23)13-3-2-4-14(10-13)18(19,20)21/h2-6,9-10,16H,7-8H2,1H3,(H,22,23). The summed E-state index contributed by atoms with van der Waals surface area (Å²) in [5.41, 5.74) is 2.56. The molecule has 0 saturated heterocycles. The number of benzene rings is 2. The molecule has 2 aromatic carbocycles. The third-order valence-electron chi connectivity index (χ3n) is 4.14. The van der Waals surface area contributed by atoms with E-state index in [9.17, 15) is 18.0 Å². The molecule has 1 atom stereocenters. The van der Waals surface area contributed by atoms with Crippen LogP contribution in [-0.2, 0) is 12.6 Å². The van der Waals surface area contributed by atoms with Crippen LogP contribution >= 0.6 is 0 Å². The first-order valence-corrected chi connectivity index (χ1v) is 7.42. The number of hydrogen-bond acceptors (Lipinski definition) is 1. The molecule has 23 heavy (non-hydrogen) atoms. The maximum Gasteiger partial charge on any atom is 0.416 e. The molecule has 1 N–H and O–H groups in total. The molecular formula is C18H16F3NO. The fraction of sp³-hybridized carbons (Fsp3) is 0.278. The number of carbonyl (C=O) groups excluding carboxylic acids is 1. The maximum atomic E-state index is 12.7. The number of fused-ring (bicyclic) bond motifs is 1. The highest BCUT2D eigenvalue weighted by molar-refractivity contribution is 5.94. The maximum absolute atomic E-state index is 12.7. The van der Waals surface area contributed by atoms with E-state index < -0.39 is 17.6 Å². The van der Waals surface area contributed by atoms with Crippen LogP contribution in [0.5, 0.6) is 0 Å². The zero-order chi connectivity index (χ0) is 16.6. The molecule has 0 spiro atoms. The van der Waals surface area contributed by atoms with Gasteiger partial charge in [0.2, 0.25) is 0 Å². The summed E-state index contributed by atoms with van der Waals surface area (Å²) in [6, 6.07) is 10.5. The lowest BCUT2D eigenvalue weighted by molar-refractivity contribution is -0.137. The number of rotatable bonds is 2. The lowest BCUT2D eigenvalue weighted by Crippen LogP contribution is -2.27. The topological polar surface area (TPSA) is 29.1 Å². The van der Waals surface area contributed by atoms with Gasteiger partial charge in [0.1, 0.15) is 0 Å². The number of alkyl halides is 3. The van der Waals surface area contributed by atoms with Crippen molar-refractivity contribution < 1.29 is 18.0 Å². The highest BCUT2D eigenvalue weighted by atomic mass is 19.4. The van der Waals surface area contributed by atoms with Gasteiger partial charge in [-0.25, -0.2) is 0 Å². The monoisotopic (exact) mass is 319 g/mol. The summed E-state index contributed by atoms with van der Waals surface area (Å²) in [5, 5.41) is 2.85. The molecular weight excluding hydrogens is 303 g/mol. The van der Waals surface area contributed by atoms with Crippen LogP contribution in [0.3, 0.4) is 0 Å². The first kappa shape index (κ1) is 15.6. The van der Waals surface area contributed by atoms with Gasteiger partial charge in [0.05, 0.1) is 11.6 Å². The Hall–Kier alpha value is -2.30. The van der Waals surface area contributed by atoms with Crippen LogP contribution < -0.4 is 5.32 Å². The number of hydrogen-bond donors (Lipinski definition) is 1. The smallest absolute Gasteiger partial charge is 0.345 e. The number of aryl methyl sites for hydroxylation is 2. The van der Waals surface area contributed by atoms with Crippen molar-refractivity contribution in [3.63, 3.8) is 0 Å². The Kier molecular flexibility index (Phi) is 3.88. The fourth-order valence-electron chi connectivity index (χ4n) is 2.95. The first-order valence-electron chi connectivity index (χ1n) is 7.42. The van der Waals surface area contributed by atoms with Crippen LogP contribution in [0, 0.1) is 6.92 Å². The Morgan fingerprint density at radius 1 is 1.17 bits per heavy atom. The molecule has 0 heterocycles. The molecule has 0 saturated carbocycles. The minimum absolute atomic E-state index is 0.0286. The second kappa shape index (κ2) is 5.72. The third-order valence-corrected chi connectivity index (χ3v) is 4.14. The van der Waals surface area contributed by atoms with Gasteiger partial charge in [0.15, 0.2) is 0 Å². The molecule has 0 aromatic heterocycles. The molecule has 1 unspecified atom stereocenters. The molecule has 3 rings (SSSR count). The highest BCUT2D eigenvalue weighted by Crippen LogP contribution is 2.33. The van der Waals surface area contributed by atoms with Crippen molar-refractivity contribution in [1.82, 2.24) is 5.32 Å². The molecule has 0 aliphatic heterocycles. The van der Waals surface area contributed by atoms with E-state index in [4.69, 9.17) is 0 Å². The van der Waals surface area contributed by atoms with Gasteiger partial charge in [-0.3, -0.25) is 4.79 Å². The second-order valence-electron chi connectivity index (χ2n) is 5.85. The van der Waals surface area contributed by atoms with Crippen LogP contribution in [0.15, 0.2) is 42.5 Å². The van der Waals surface area contributed by atoms with Gasteiger partial charge in [0.25, 0.3) is 5.91 Å². The van der Waals surface area contributed by atoms with E-state index in [1.807, 2.05) is 25.1 Å². The Labute approximate surface area is 132 Å². The van der Waals surface area contributed by atoms with Gasteiger partial charge in [0, 0.05) is 5.56 Å². The molecule has 5 heteroatoms. The van der Waals surface area contributed by atoms with Crippen molar-refractivity contribution in [3.8, 4) is 0 Å². The average Bonchev–Trinajstić information content (AvgIpc) is 2.89. The van der Waals surface area contributed by atoms with Crippen molar-refractivity contribution in [1.29, 1.82) is 0 Å². The molecule has 0 bridgehead atoms. The summed E-state index contributed by atoms with van der Waals surface area (Å²) in [6.07, 6.45) is -2.82. The summed E-state index contributed by atoms with van der Waals surface area (Å²) in [5.74, 6) is -0.476. The minimum Gasteiger partial charge on any atom is -0.345 e. The van der Waals surface area contributed by atoms with E-state index in [-0.39, 0.29) is 11.6 Å². The number of nitrogens with one attached hydrogen (secondary N) is 1. The van der Waals surface area contributed by atoms with E-state index in [2.05, 4.69) is 5.32 Å². The van der Waals surface area contributed by atoms with E-state index in [1.54, 1.807) is 0 Å². The number of halogens is 3. The molecule has 1 aliphatic carbocycles. The van der Waals surface area contributed by atoms with E-state index in [1.165, 1.54) is 17.7 Å². The molecule has 2 aromatic rings. The first-order chi connectivity index (χ1) is 10.8. The van der Waals surface area contributed by atoms with Crippen molar-refractivity contribution in [3.05, 3.63) is 70.3 Å². The lowest BCUT2D eigenvalue weighted by atomic mass is 10.0. The van der Waals surface area contributed by atoms with Gasteiger partial charge >= 0.3 is 6.18 Å². The lowest BCUT2D eigenvalue weighted by Gasteiger charge is -2.15. The second-order valence-corrected chi connectivity index (χ2v) is 5.85. The van der Waals surface area contributed by atoms with E-state index in [0.29, 0.717) is 0 Å². The van der Waals surface area contributed by atoms with Crippen LogP contribution in [0.25, 0.3) is 0 Å². The van der Waals surface area contributed by atoms with Gasteiger partial charge in [-0.05, 0) is 49.1 Å². The van der Waals surface area contributed by atoms with Crippen molar-refractivity contribution in [2.45, 2.75) is 32.0 Å². The average molecular weight is 319 g/mol. The van der Waals surface area contributed by atoms with Crippen molar-refractivity contribution >= 4 is 5.91 Å². The van der Waals surface area contributed by atoms with Crippen molar-refractivity contribution in [2.24, 2.45) is 0 Å². The zero-order valence-electron chi connectivity index (χ0n) is 12.6. The van der Waals surface area contributed by atoms with Crippen LogP contribution in [-0.4, -0.2) is 5.91 Å². The summed E-state index contributed by atoms with van der Waals surface area (Å²) >= 11 is 0. The van der Waals surface area contributed by atoms with Crippen LogP contribution in [0.1, 0.15) is 45.1 Å². The quantitative estimate of drug-likeness (QED) is 0.871. The van der Waals surface area contributed by atoms with Gasteiger partial charge < -0.3 is 5.32 Å². The molecule has 1 amide bonds. The highest BCUT2D eigenvalue weighted by Gasteiger charge is 2.31. The zero-order valence-corrected chi connectivity index (χ0v) is 12.6. The summed E-state index contributed by atoms with van der Waals surface area (Å²) < 4.78 is 38.2. The summed E-state index contributed by atoms with van der Waals surface area (Å²) in [7, 11) is 0. The SMILES string of the molecule is Cc1ccc2c(c1)C(NC(=O)c1cccc(C(F)(F)F)c1)CC2. The molecule has 0 radical (unpaired) electrons. The Bertz CT molecular complexity index is 752. The Morgan fingerprint density at radius 2 is 1.96 bits per heavy atom. The Morgan fingerprint density at radius 3 is 2.70 bits per heavy atom. The van der Waals surface area contributed by atoms with Gasteiger partial charge in [-0.1, -0.05) is 29.8 Å². The normalized spacial score (nSPS) is 17.0.